The molecule has 0 radical (unpaired) electrons. The second-order valence-corrected chi connectivity index (χ2v) is 9.35. The van der Waals surface area contributed by atoms with E-state index in [-0.39, 0.29) is 24.7 Å². The van der Waals surface area contributed by atoms with Crippen molar-refractivity contribution in [1.29, 1.82) is 0 Å². The van der Waals surface area contributed by atoms with Gasteiger partial charge in [0.2, 0.25) is 0 Å². The number of hydrogen-bond donors (Lipinski definition) is 4. The molecule has 0 bridgehead atoms. The van der Waals surface area contributed by atoms with Crippen LogP contribution in [0.25, 0.3) is 10.9 Å². The van der Waals surface area contributed by atoms with Gasteiger partial charge in [-0.1, -0.05) is 24.3 Å². The van der Waals surface area contributed by atoms with E-state index in [1.807, 2.05) is 17.0 Å². The number of aryl methyl sites for hydroxylation is 1. The predicted octanol–water partition coefficient (Wildman–Crippen LogP) is 4.22. The number of aliphatic hydroxyl groups excluding tert-OH is 1. The lowest BCUT2D eigenvalue weighted by atomic mass is 10.1. The van der Waals surface area contributed by atoms with Crippen LogP contribution in [0.1, 0.15) is 11.1 Å². The Morgan fingerprint density at radius 1 is 1.21 bits per heavy atom. The highest BCUT2D eigenvalue weighted by molar-refractivity contribution is 8.24. The van der Waals surface area contributed by atoms with E-state index in [0.29, 0.717) is 46.0 Å². The lowest BCUT2D eigenvalue weighted by molar-refractivity contribution is 0.311. The van der Waals surface area contributed by atoms with Crippen LogP contribution in [0.5, 0.6) is 0 Å². The first-order valence-electron chi connectivity index (χ1n) is 9.44. The largest absolute Gasteiger partial charge is 0.395 e. The minimum atomic E-state index is -2.88. The summed E-state index contributed by atoms with van der Waals surface area (Å²) in [6.45, 7) is 2.79. The molecule has 2 aromatic carbocycles. The SMILES string of the molecule is Cc1ccc2nc(N3CCS(O)(O)c4ccccc4C3)cc(NCCO)c2c1F. The molecule has 0 saturated carbocycles. The van der Waals surface area contributed by atoms with Gasteiger partial charge >= 0.3 is 0 Å². The van der Waals surface area contributed by atoms with Crippen LogP contribution in [0, 0.1) is 12.7 Å². The quantitative estimate of drug-likeness (QED) is 0.508. The fourth-order valence-electron chi connectivity index (χ4n) is 3.65. The molecule has 6 nitrogen and oxygen atoms in total. The van der Waals surface area contributed by atoms with Crippen molar-refractivity contribution in [3.8, 4) is 0 Å². The topological polar surface area (TPSA) is 88.9 Å². The van der Waals surface area contributed by atoms with Crippen LogP contribution in [-0.2, 0) is 6.54 Å². The minimum Gasteiger partial charge on any atom is -0.395 e. The van der Waals surface area contributed by atoms with Crippen molar-refractivity contribution >= 4 is 33.0 Å². The van der Waals surface area contributed by atoms with Gasteiger partial charge in [0.15, 0.2) is 0 Å². The van der Waals surface area contributed by atoms with Gasteiger partial charge in [-0.2, -0.15) is 10.6 Å². The summed E-state index contributed by atoms with van der Waals surface area (Å²) in [7, 11) is -2.88. The molecule has 0 aliphatic carbocycles. The second-order valence-electron chi connectivity index (χ2n) is 7.17. The maximum Gasteiger partial charge on any atom is 0.137 e. The molecule has 154 valence electrons. The number of pyridine rings is 1. The maximum atomic E-state index is 14.8. The zero-order chi connectivity index (χ0) is 20.6. The lowest BCUT2D eigenvalue weighted by Crippen LogP contribution is -2.26. The third kappa shape index (κ3) is 3.76. The van der Waals surface area contributed by atoms with Crippen molar-refractivity contribution in [2.24, 2.45) is 0 Å². The highest BCUT2D eigenvalue weighted by Gasteiger charge is 2.27. The number of aromatic nitrogens is 1. The van der Waals surface area contributed by atoms with E-state index in [9.17, 15) is 18.6 Å². The molecular formula is C21H24FN3O3S. The molecule has 0 atom stereocenters. The summed E-state index contributed by atoms with van der Waals surface area (Å²) in [5, 5.41) is 12.7. The molecule has 0 amide bonds. The highest BCUT2D eigenvalue weighted by Crippen LogP contribution is 2.51. The standard InChI is InChI=1S/C21H24FN3O3S/c1-14-6-7-16-20(21(14)22)17(23-8-10-26)12-19(24-16)25-9-11-29(27,28)18-5-3-2-4-15(18)13-25/h2-7,12,26-28H,8-11,13H2,1H3,(H,23,24). The summed E-state index contributed by atoms with van der Waals surface area (Å²) >= 11 is 0. The van der Waals surface area contributed by atoms with E-state index in [4.69, 9.17) is 0 Å². The number of fused-ring (bicyclic) bond motifs is 2. The van der Waals surface area contributed by atoms with Gasteiger partial charge in [-0.3, -0.25) is 9.11 Å². The predicted molar refractivity (Wildman–Crippen MR) is 115 cm³/mol. The summed E-state index contributed by atoms with van der Waals surface area (Å²) in [6.07, 6.45) is 0. The number of benzene rings is 2. The normalized spacial score (nSPS) is 16.9. The van der Waals surface area contributed by atoms with E-state index in [1.165, 1.54) is 0 Å². The van der Waals surface area contributed by atoms with Crippen molar-refractivity contribution < 1.29 is 18.6 Å². The third-order valence-corrected chi connectivity index (χ3v) is 7.03. The molecule has 8 heteroatoms. The van der Waals surface area contributed by atoms with Crippen LogP contribution >= 0.6 is 10.6 Å². The Kier molecular flexibility index (Phi) is 5.35. The van der Waals surface area contributed by atoms with Gasteiger partial charge in [0.25, 0.3) is 0 Å². The molecule has 1 aromatic heterocycles. The summed E-state index contributed by atoms with van der Waals surface area (Å²) in [5.41, 5.74) is 2.43. The van der Waals surface area contributed by atoms with Crippen LogP contribution in [-0.4, -0.2) is 44.6 Å². The van der Waals surface area contributed by atoms with E-state index < -0.39 is 10.6 Å². The van der Waals surface area contributed by atoms with Crippen molar-refractivity contribution in [1.82, 2.24) is 4.98 Å². The summed E-state index contributed by atoms with van der Waals surface area (Å²) in [5.74, 6) is 0.483. The van der Waals surface area contributed by atoms with Crippen molar-refractivity contribution in [3.05, 3.63) is 59.4 Å². The summed E-state index contributed by atoms with van der Waals surface area (Å²) < 4.78 is 36.0. The first kappa shape index (κ1) is 19.9. The van der Waals surface area contributed by atoms with Crippen LogP contribution in [0.3, 0.4) is 0 Å². The van der Waals surface area contributed by atoms with Crippen LogP contribution in [0.2, 0.25) is 0 Å². The summed E-state index contributed by atoms with van der Waals surface area (Å²) in [4.78, 5) is 7.21. The molecule has 1 aliphatic heterocycles. The molecule has 3 aromatic rings. The Morgan fingerprint density at radius 3 is 2.79 bits per heavy atom. The van der Waals surface area contributed by atoms with Gasteiger partial charge in [0.1, 0.15) is 11.6 Å². The molecule has 0 spiro atoms. The Hall–Kier alpha value is -2.39. The van der Waals surface area contributed by atoms with Gasteiger partial charge < -0.3 is 15.3 Å². The van der Waals surface area contributed by atoms with Crippen molar-refractivity contribution in [2.45, 2.75) is 18.4 Å². The van der Waals surface area contributed by atoms with E-state index in [2.05, 4.69) is 10.3 Å². The number of nitrogens with zero attached hydrogens (tertiary/aromatic N) is 2. The minimum absolute atomic E-state index is 0.0788. The molecule has 0 fully saturated rings. The van der Waals surface area contributed by atoms with Gasteiger partial charge in [-0.15, -0.1) is 0 Å². The fraction of sp³-hybridized carbons (Fsp3) is 0.286. The van der Waals surface area contributed by atoms with Gasteiger partial charge in [0.05, 0.1) is 33.8 Å². The average molecular weight is 418 g/mol. The number of rotatable bonds is 4. The smallest absolute Gasteiger partial charge is 0.137 e. The first-order chi connectivity index (χ1) is 13.9. The number of nitrogens with one attached hydrogen (secondary N) is 1. The van der Waals surface area contributed by atoms with Gasteiger partial charge in [-0.05, 0) is 30.2 Å². The molecule has 1 aliphatic rings. The Morgan fingerprint density at radius 2 is 2.00 bits per heavy atom. The van der Waals surface area contributed by atoms with Crippen molar-refractivity contribution in [2.75, 3.05) is 35.7 Å². The van der Waals surface area contributed by atoms with E-state index in [0.717, 1.165) is 5.56 Å². The number of halogens is 1. The van der Waals surface area contributed by atoms with Crippen LogP contribution < -0.4 is 10.2 Å². The lowest BCUT2D eigenvalue weighted by Gasteiger charge is -2.32. The van der Waals surface area contributed by atoms with E-state index in [1.54, 1.807) is 37.3 Å². The zero-order valence-electron chi connectivity index (χ0n) is 16.1. The first-order valence-corrected chi connectivity index (χ1v) is 11.2. The second kappa shape index (κ2) is 7.79. The fourth-order valence-corrected chi connectivity index (χ4v) is 5.19. The van der Waals surface area contributed by atoms with Gasteiger partial charge in [0, 0.05) is 25.7 Å². The Bertz CT molecular complexity index is 1060. The average Bonchev–Trinajstić information content (AvgIpc) is 2.85. The van der Waals surface area contributed by atoms with Gasteiger partial charge in [-0.25, -0.2) is 9.37 Å². The molecule has 4 rings (SSSR count). The number of anilines is 2. The molecular weight excluding hydrogens is 393 g/mol. The molecule has 0 unspecified atom stereocenters. The summed E-state index contributed by atoms with van der Waals surface area (Å²) in [6, 6.07) is 12.6. The maximum absolute atomic E-state index is 14.8. The molecule has 29 heavy (non-hydrogen) atoms. The van der Waals surface area contributed by atoms with E-state index >= 15 is 0 Å². The third-order valence-electron chi connectivity index (χ3n) is 5.17. The zero-order valence-corrected chi connectivity index (χ0v) is 16.9. The molecule has 2 heterocycles. The highest BCUT2D eigenvalue weighted by atomic mass is 32.3. The van der Waals surface area contributed by atoms with Crippen LogP contribution in [0.15, 0.2) is 47.4 Å². The Balaban J connectivity index is 1.81. The molecule has 4 N–H and O–H groups in total. The number of aliphatic hydroxyl groups is 1. The number of hydrogen-bond acceptors (Lipinski definition) is 6. The van der Waals surface area contributed by atoms with Crippen LogP contribution in [0.4, 0.5) is 15.9 Å². The molecule has 0 saturated heterocycles. The Labute approximate surface area is 170 Å². The monoisotopic (exact) mass is 417 g/mol. The van der Waals surface area contributed by atoms with Crippen molar-refractivity contribution in [3.63, 3.8) is 0 Å².